The standard InChI is InChI=1S/C20H20F6N2O4/c1-9-19(17(31)32,6-3-7-27)15(18(2,16(29)30)12(8-21)28-9)13-10(22)4-5-11(23)14(13)20(24,25)26/h4-5,9,12,15,28H,3,6,8H2,1-2H3,(H,29,30)(H,31,32)/p-2. The molecule has 2 rings (SSSR count). The number of nitrogens with one attached hydrogen (secondary N) is 1. The number of carboxylic acids is 2. The third kappa shape index (κ3) is 3.68. The van der Waals surface area contributed by atoms with Crippen molar-refractivity contribution < 1.29 is 46.1 Å². The SMILES string of the molecule is CC1NC(CF)C(C)(C(=O)[O-])C(c2c(F)ccc(F)c2C(F)(F)F)C1(CCC#N)C(=O)[O-]. The number of carboxylic acid groups (broad SMARTS) is 2. The summed E-state index contributed by atoms with van der Waals surface area (Å²) in [5.41, 5.74) is -9.31. The molecule has 1 heterocycles. The van der Waals surface area contributed by atoms with Crippen molar-refractivity contribution in [2.75, 3.05) is 6.67 Å². The molecule has 5 atom stereocenters. The second-order valence-corrected chi connectivity index (χ2v) is 7.90. The van der Waals surface area contributed by atoms with Gasteiger partial charge in [-0.05, 0) is 25.5 Å². The maximum absolute atomic E-state index is 15.0. The Balaban J connectivity index is 3.13. The molecule has 0 radical (unpaired) electrons. The Hall–Kier alpha value is -2.81. The van der Waals surface area contributed by atoms with Crippen molar-refractivity contribution in [2.45, 2.75) is 50.9 Å². The highest BCUT2D eigenvalue weighted by molar-refractivity contribution is 5.82. The second-order valence-electron chi connectivity index (χ2n) is 7.90. The van der Waals surface area contributed by atoms with Gasteiger partial charge in [-0.1, -0.05) is 6.92 Å². The molecule has 12 heteroatoms. The molecule has 1 aromatic rings. The second kappa shape index (κ2) is 8.61. The zero-order chi connectivity index (χ0) is 24.6. The number of halogens is 6. The molecule has 6 nitrogen and oxygen atoms in total. The van der Waals surface area contributed by atoms with Gasteiger partial charge in [0.15, 0.2) is 0 Å². The van der Waals surface area contributed by atoms with Gasteiger partial charge in [0.25, 0.3) is 0 Å². The number of nitriles is 1. The van der Waals surface area contributed by atoms with E-state index in [1.54, 1.807) is 6.07 Å². The van der Waals surface area contributed by atoms with Crippen molar-refractivity contribution in [1.29, 1.82) is 5.26 Å². The van der Waals surface area contributed by atoms with Crippen LogP contribution in [-0.4, -0.2) is 30.7 Å². The predicted molar refractivity (Wildman–Crippen MR) is 91.9 cm³/mol. The molecule has 1 saturated heterocycles. The van der Waals surface area contributed by atoms with Crippen LogP contribution in [0.25, 0.3) is 0 Å². The fourth-order valence-electron chi connectivity index (χ4n) is 4.79. The van der Waals surface area contributed by atoms with Gasteiger partial charge in [0.2, 0.25) is 0 Å². The van der Waals surface area contributed by atoms with Crippen molar-refractivity contribution in [3.05, 3.63) is 34.9 Å². The summed E-state index contributed by atoms with van der Waals surface area (Å²) in [6.07, 6.45) is -6.97. The molecule has 0 amide bonds. The first-order chi connectivity index (χ1) is 14.7. The fraction of sp³-hybridized carbons (Fsp3) is 0.550. The van der Waals surface area contributed by atoms with E-state index in [1.807, 2.05) is 0 Å². The Morgan fingerprint density at radius 2 is 1.75 bits per heavy atom. The van der Waals surface area contributed by atoms with E-state index in [9.17, 15) is 46.1 Å². The number of carbonyl (C=O) groups is 2. The summed E-state index contributed by atoms with van der Waals surface area (Å²) in [7, 11) is 0. The zero-order valence-electron chi connectivity index (χ0n) is 16.9. The molecule has 0 bridgehead atoms. The number of piperidine rings is 1. The highest BCUT2D eigenvalue weighted by Gasteiger charge is 2.63. The molecule has 32 heavy (non-hydrogen) atoms. The smallest absolute Gasteiger partial charge is 0.419 e. The van der Waals surface area contributed by atoms with Crippen LogP contribution in [0.15, 0.2) is 12.1 Å². The molecule has 1 aliphatic heterocycles. The lowest BCUT2D eigenvalue weighted by Crippen LogP contribution is -2.73. The Kier molecular flexibility index (Phi) is 6.85. The van der Waals surface area contributed by atoms with Gasteiger partial charge in [0.05, 0.1) is 11.6 Å². The van der Waals surface area contributed by atoms with Gasteiger partial charge in [-0.25, -0.2) is 13.2 Å². The maximum atomic E-state index is 15.0. The van der Waals surface area contributed by atoms with Gasteiger partial charge in [-0.15, -0.1) is 0 Å². The van der Waals surface area contributed by atoms with Crippen LogP contribution in [0.3, 0.4) is 0 Å². The quantitative estimate of drug-likeness (QED) is 0.633. The first-order valence-corrected chi connectivity index (χ1v) is 9.38. The lowest BCUT2D eigenvalue weighted by Gasteiger charge is -2.61. The van der Waals surface area contributed by atoms with Gasteiger partial charge >= 0.3 is 6.18 Å². The van der Waals surface area contributed by atoms with Gasteiger partial charge in [-0.3, -0.25) is 0 Å². The van der Waals surface area contributed by atoms with Crippen LogP contribution in [0, 0.1) is 33.8 Å². The number of hydrogen-bond acceptors (Lipinski definition) is 6. The summed E-state index contributed by atoms with van der Waals surface area (Å²) in [5, 5.41) is 35.9. The molecule has 1 fully saturated rings. The van der Waals surface area contributed by atoms with E-state index in [0.29, 0.717) is 6.92 Å². The third-order valence-electron chi connectivity index (χ3n) is 6.40. The average Bonchev–Trinajstić information content (AvgIpc) is 2.68. The van der Waals surface area contributed by atoms with Crippen LogP contribution in [-0.2, 0) is 15.8 Å². The average molecular weight is 464 g/mol. The number of nitrogens with zero attached hydrogens (tertiary/aromatic N) is 1. The molecule has 0 spiro atoms. The van der Waals surface area contributed by atoms with Gasteiger partial charge in [0, 0.05) is 52.8 Å². The number of carbonyl (C=O) groups excluding carboxylic acids is 2. The zero-order valence-corrected chi connectivity index (χ0v) is 16.9. The van der Waals surface area contributed by atoms with E-state index in [-0.39, 0.29) is 12.1 Å². The van der Waals surface area contributed by atoms with Crippen molar-refractivity contribution in [3.63, 3.8) is 0 Å². The summed E-state index contributed by atoms with van der Waals surface area (Å²) < 4.78 is 84.6. The molecule has 0 aromatic heterocycles. The normalized spacial score (nSPS) is 30.5. The number of alkyl halides is 4. The molecule has 176 valence electrons. The summed E-state index contributed by atoms with van der Waals surface area (Å²) >= 11 is 0. The highest BCUT2D eigenvalue weighted by Crippen LogP contribution is 2.59. The van der Waals surface area contributed by atoms with Gasteiger partial charge in [0.1, 0.15) is 18.3 Å². The molecule has 1 aliphatic rings. The summed E-state index contributed by atoms with van der Waals surface area (Å²) in [4.78, 5) is 24.6. The summed E-state index contributed by atoms with van der Waals surface area (Å²) in [6, 6.07) is -1.28. The Labute approximate surface area is 178 Å². The van der Waals surface area contributed by atoms with Crippen molar-refractivity contribution in [1.82, 2.24) is 5.32 Å². The molecule has 5 unspecified atom stereocenters. The van der Waals surface area contributed by atoms with Crippen molar-refractivity contribution in [3.8, 4) is 6.07 Å². The Morgan fingerprint density at radius 1 is 1.19 bits per heavy atom. The van der Waals surface area contributed by atoms with Crippen LogP contribution in [0.4, 0.5) is 26.3 Å². The minimum absolute atomic E-state index is 0.158. The Bertz CT molecular complexity index is 963. The molecule has 1 N–H and O–H groups in total. The van der Waals surface area contributed by atoms with Crippen molar-refractivity contribution in [2.24, 2.45) is 10.8 Å². The number of benzene rings is 1. The molecular weight excluding hydrogens is 446 g/mol. The third-order valence-corrected chi connectivity index (χ3v) is 6.40. The van der Waals surface area contributed by atoms with E-state index in [1.165, 1.54) is 0 Å². The van der Waals surface area contributed by atoms with E-state index >= 15 is 0 Å². The lowest BCUT2D eigenvalue weighted by atomic mass is 9.50. The Morgan fingerprint density at radius 3 is 2.19 bits per heavy atom. The first kappa shape index (κ1) is 25.5. The van der Waals surface area contributed by atoms with Crippen LogP contribution < -0.4 is 15.5 Å². The van der Waals surface area contributed by atoms with Crippen LogP contribution >= 0.6 is 0 Å². The first-order valence-electron chi connectivity index (χ1n) is 9.38. The molecular formula is C20H18F6N2O4-2. The van der Waals surface area contributed by atoms with Gasteiger partial charge in [-0.2, -0.15) is 18.4 Å². The monoisotopic (exact) mass is 464 g/mol. The number of rotatable bonds is 6. The van der Waals surface area contributed by atoms with E-state index in [4.69, 9.17) is 5.26 Å². The number of hydrogen-bond donors (Lipinski definition) is 1. The fourth-order valence-corrected chi connectivity index (χ4v) is 4.79. The highest BCUT2D eigenvalue weighted by atomic mass is 19.4. The molecule has 1 aromatic carbocycles. The molecule has 0 saturated carbocycles. The van der Waals surface area contributed by atoms with Gasteiger partial charge < -0.3 is 25.1 Å². The van der Waals surface area contributed by atoms with E-state index in [0.717, 1.165) is 6.92 Å². The summed E-state index contributed by atoms with van der Waals surface area (Å²) in [5.74, 6) is -10.5. The molecule has 0 aliphatic carbocycles. The topological polar surface area (TPSA) is 116 Å². The number of aliphatic carboxylic acids is 2. The van der Waals surface area contributed by atoms with E-state index < -0.39 is 89.2 Å². The van der Waals surface area contributed by atoms with Crippen molar-refractivity contribution >= 4 is 11.9 Å². The maximum Gasteiger partial charge on any atom is 0.419 e. The van der Waals surface area contributed by atoms with Crippen LogP contribution in [0.1, 0.15) is 43.7 Å². The largest absolute Gasteiger partial charge is 0.549 e. The van der Waals surface area contributed by atoms with Crippen LogP contribution in [0.2, 0.25) is 0 Å². The minimum atomic E-state index is -5.57. The minimum Gasteiger partial charge on any atom is -0.549 e. The summed E-state index contributed by atoms with van der Waals surface area (Å²) in [6.45, 7) is 0.290. The van der Waals surface area contributed by atoms with E-state index in [2.05, 4.69) is 5.32 Å². The van der Waals surface area contributed by atoms with Crippen LogP contribution in [0.5, 0.6) is 0 Å². The predicted octanol–water partition coefficient (Wildman–Crippen LogP) is 1.19. The lowest BCUT2D eigenvalue weighted by molar-refractivity contribution is -0.336.